The lowest BCUT2D eigenvalue weighted by Crippen LogP contribution is -2.27. The summed E-state index contributed by atoms with van der Waals surface area (Å²) in [4.78, 5) is 19.0. The van der Waals surface area contributed by atoms with Crippen LogP contribution in [0.5, 0.6) is 0 Å². The molecule has 18 heavy (non-hydrogen) atoms. The van der Waals surface area contributed by atoms with Gasteiger partial charge in [0.1, 0.15) is 5.69 Å². The maximum atomic E-state index is 11.9. The Kier molecular flexibility index (Phi) is 4.19. The van der Waals surface area contributed by atoms with Gasteiger partial charge in [-0.15, -0.1) is 0 Å². The molecular formula is C12H11Br2N3O. The third-order valence-corrected chi connectivity index (χ3v) is 3.36. The topological polar surface area (TPSA) is 57.8 Å². The van der Waals surface area contributed by atoms with Crippen LogP contribution in [-0.2, 0) is 0 Å². The van der Waals surface area contributed by atoms with Crippen molar-refractivity contribution in [3.8, 4) is 0 Å². The minimum absolute atomic E-state index is 0.146. The van der Waals surface area contributed by atoms with Crippen LogP contribution in [0.2, 0.25) is 0 Å². The highest BCUT2D eigenvalue weighted by Crippen LogP contribution is 2.15. The van der Waals surface area contributed by atoms with E-state index in [1.807, 2.05) is 19.1 Å². The minimum Gasteiger partial charge on any atom is -0.356 e. The zero-order chi connectivity index (χ0) is 13.1. The molecule has 0 radical (unpaired) electrons. The highest BCUT2D eigenvalue weighted by molar-refractivity contribution is 9.10. The van der Waals surface area contributed by atoms with Gasteiger partial charge in [-0.1, -0.05) is 0 Å². The standard InChI is InChI=1S/C12H11Br2N3O/c1-7(10-3-2-8(13)5-15-10)17-12(18)11-4-9(14)6-16-11/h2-7,16H,1H3,(H,17,18)/t7-/m0/s1. The van der Waals surface area contributed by atoms with E-state index in [-0.39, 0.29) is 11.9 Å². The molecule has 0 saturated heterocycles. The van der Waals surface area contributed by atoms with Crippen molar-refractivity contribution in [1.29, 1.82) is 0 Å². The van der Waals surface area contributed by atoms with Crippen LogP contribution < -0.4 is 5.32 Å². The molecule has 94 valence electrons. The Balaban J connectivity index is 2.05. The number of rotatable bonds is 3. The van der Waals surface area contributed by atoms with Crippen molar-refractivity contribution in [2.45, 2.75) is 13.0 Å². The third-order valence-electron chi connectivity index (χ3n) is 2.43. The highest BCUT2D eigenvalue weighted by atomic mass is 79.9. The van der Waals surface area contributed by atoms with E-state index in [4.69, 9.17) is 0 Å². The van der Waals surface area contributed by atoms with Crippen LogP contribution in [-0.4, -0.2) is 15.9 Å². The molecule has 0 spiro atoms. The molecule has 2 heterocycles. The van der Waals surface area contributed by atoms with Crippen molar-refractivity contribution in [3.05, 3.63) is 50.9 Å². The van der Waals surface area contributed by atoms with Crippen molar-refractivity contribution in [2.24, 2.45) is 0 Å². The van der Waals surface area contributed by atoms with E-state index in [1.54, 1.807) is 18.5 Å². The van der Waals surface area contributed by atoms with E-state index in [2.05, 4.69) is 47.1 Å². The number of H-pyrrole nitrogens is 1. The van der Waals surface area contributed by atoms with Gasteiger partial charge in [-0.05, 0) is 57.0 Å². The van der Waals surface area contributed by atoms with Gasteiger partial charge in [0.2, 0.25) is 0 Å². The second-order valence-corrected chi connectivity index (χ2v) is 5.66. The first-order valence-electron chi connectivity index (χ1n) is 5.32. The molecule has 6 heteroatoms. The first-order chi connectivity index (χ1) is 8.56. The molecule has 0 aromatic carbocycles. The summed E-state index contributed by atoms with van der Waals surface area (Å²) >= 11 is 6.62. The SMILES string of the molecule is C[C@H](NC(=O)c1cc(Br)c[nH]1)c1ccc(Br)cn1. The summed E-state index contributed by atoms with van der Waals surface area (Å²) in [6.45, 7) is 1.89. The number of nitrogens with zero attached hydrogens (tertiary/aromatic N) is 1. The van der Waals surface area contributed by atoms with Gasteiger partial charge in [0.15, 0.2) is 0 Å². The molecule has 2 N–H and O–H groups in total. The molecule has 0 aliphatic heterocycles. The van der Waals surface area contributed by atoms with Crippen molar-refractivity contribution < 1.29 is 4.79 Å². The summed E-state index contributed by atoms with van der Waals surface area (Å²) in [7, 11) is 0. The second kappa shape index (κ2) is 5.67. The monoisotopic (exact) mass is 371 g/mol. The Morgan fingerprint density at radius 2 is 2.17 bits per heavy atom. The molecule has 0 unspecified atom stereocenters. The molecule has 0 fully saturated rings. The van der Waals surface area contributed by atoms with Crippen molar-refractivity contribution in [3.63, 3.8) is 0 Å². The first kappa shape index (κ1) is 13.3. The lowest BCUT2D eigenvalue weighted by molar-refractivity contribution is 0.0934. The van der Waals surface area contributed by atoms with Gasteiger partial charge >= 0.3 is 0 Å². The molecule has 1 amide bonds. The number of nitrogens with one attached hydrogen (secondary N) is 2. The molecule has 0 aliphatic rings. The molecule has 2 aromatic rings. The van der Waals surface area contributed by atoms with Gasteiger partial charge in [-0.2, -0.15) is 0 Å². The zero-order valence-corrected chi connectivity index (χ0v) is 12.7. The van der Waals surface area contributed by atoms with Gasteiger partial charge in [-0.3, -0.25) is 9.78 Å². The number of hydrogen-bond acceptors (Lipinski definition) is 2. The van der Waals surface area contributed by atoms with Crippen molar-refractivity contribution in [2.75, 3.05) is 0 Å². The van der Waals surface area contributed by atoms with Gasteiger partial charge in [0.25, 0.3) is 5.91 Å². The number of amides is 1. The Bertz CT molecular complexity index is 551. The lowest BCUT2D eigenvalue weighted by Gasteiger charge is -2.12. The first-order valence-corrected chi connectivity index (χ1v) is 6.91. The van der Waals surface area contributed by atoms with Gasteiger partial charge in [0, 0.05) is 21.3 Å². The predicted octanol–water partition coefficient (Wildman–Crippen LogP) is 3.43. The minimum atomic E-state index is -0.155. The number of aromatic nitrogens is 2. The fourth-order valence-corrected chi connectivity index (χ4v) is 2.07. The second-order valence-electron chi connectivity index (χ2n) is 3.83. The molecule has 0 saturated carbocycles. The van der Waals surface area contributed by atoms with Gasteiger partial charge in [0.05, 0.1) is 11.7 Å². The fourth-order valence-electron chi connectivity index (χ4n) is 1.49. The quantitative estimate of drug-likeness (QED) is 0.867. The molecule has 1 atom stereocenters. The number of hydrogen-bond donors (Lipinski definition) is 2. The molecular weight excluding hydrogens is 362 g/mol. The van der Waals surface area contributed by atoms with Crippen LogP contribution in [0.4, 0.5) is 0 Å². The summed E-state index contributed by atoms with van der Waals surface area (Å²) in [6, 6.07) is 5.36. The van der Waals surface area contributed by atoms with Gasteiger partial charge < -0.3 is 10.3 Å². The average molecular weight is 373 g/mol. The summed E-state index contributed by atoms with van der Waals surface area (Å²) in [6.07, 6.45) is 3.43. The van der Waals surface area contributed by atoms with Crippen LogP contribution in [0.25, 0.3) is 0 Å². The van der Waals surface area contributed by atoms with E-state index >= 15 is 0 Å². The summed E-state index contributed by atoms with van der Waals surface area (Å²) in [5, 5.41) is 2.88. The number of carbonyl (C=O) groups excluding carboxylic acids is 1. The zero-order valence-electron chi connectivity index (χ0n) is 9.58. The van der Waals surface area contributed by atoms with Gasteiger partial charge in [-0.25, -0.2) is 0 Å². The predicted molar refractivity (Wildman–Crippen MR) is 76.3 cm³/mol. The van der Waals surface area contributed by atoms with Crippen molar-refractivity contribution in [1.82, 2.24) is 15.3 Å². The van der Waals surface area contributed by atoms with E-state index in [1.165, 1.54) is 0 Å². The number of carbonyl (C=O) groups is 1. The van der Waals surface area contributed by atoms with Crippen LogP contribution in [0.15, 0.2) is 39.5 Å². The third kappa shape index (κ3) is 3.20. The largest absolute Gasteiger partial charge is 0.356 e. The Morgan fingerprint density at radius 3 is 2.72 bits per heavy atom. The number of halogens is 2. The average Bonchev–Trinajstić information content (AvgIpc) is 2.76. The highest BCUT2D eigenvalue weighted by Gasteiger charge is 2.13. The Morgan fingerprint density at radius 1 is 1.39 bits per heavy atom. The molecule has 0 aliphatic carbocycles. The molecule has 2 rings (SSSR count). The lowest BCUT2D eigenvalue weighted by atomic mass is 10.2. The van der Waals surface area contributed by atoms with E-state index in [0.717, 1.165) is 14.6 Å². The van der Waals surface area contributed by atoms with E-state index in [0.29, 0.717) is 5.69 Å². The smallest absolute Gasteiger partial charge is 0.268 e. The molecule has 0 bridgehead atoms. The van der Waals surface area contributed by atoms with Crippen molar-refractivity contribution >= 4 is 37.8 Å². The van der Waals surface area contributed by atoms with Crippen LogP contribution in [0.3, 0.4) is 0 Å². The maximum absolute atomic E-state index is 11.9. The fraction of sp³-hybridized carbons (Fsp3) is 0.167. The number of aromatic amines is 1. The van der Waals surface area contributed by atoms with Crippen LogP contribution in [0.1, 0.15) is 29.1 Å². The normalized spacial score (nSPS) is 12.2. The summed E-state index contributed by atoms with van der Waals surface area (Å²) < 4.78 is 1.76. The summed E-state index contributed by atoms with van der Waals surface area (Å²) in [5.41, 5.74) is 1.34. The Hall–Kier alpha value is -1.14. The van der Waals surface area contributed by atoms with E-state index in [9.17, 15) is 4.79 Å². The maximum Gasteiger partial charge on any atom is 0.268 e. The van der Waals surface area contributed by atoms with E-state index < -0.39 is 0 Å². The summed E-state index contributed by atoms with van der Waals surface area (Å²) in [5.74, 6) is -0.155. The van der Waals surface area contributed by atoms with Crippen LogP contribution in [0, 0.1) is 0 Å². The number of pyridine rings is 1. The molecule has 2 aromatic heterocycles. The molecule has 4 nitrogen and oxygen atoms in total. The van der Waals surface area contributed by atoms with Crippen LogP contribution >= 0.6 is 31.9 Å². The Labute approximate surface area is 121 Å².